The minimum atomic E-state index is -0.556. The molecule has 62 valence electrons. The summed E-state index contributed by atoms with van der Waals surface area (Å²) < 4.78 is 12.6. The molecule has 1 fully saturated rings. The van der Waals surface area contributed by atoms with E-state index in [0.29, 0.717) is 12.5 Å². The molecule has 0 atom stereocenters. The second-order valence-corrected chi connectivity index (χ2v) is 3.29. The van der Waals surface area contributed by atoms with Gasteiger partial charge in [-0.05, 0) is 31.6 Å². The van der Waals surface area contributed by atoms with E-state index in [-0.39, 0.29) is 0 Å². The molecule has 0 spiro atoms. The fraction of sp³-hybridized carbons (Fsp3) is 0.889. The van der Waals surface area contributed by atoms with Crippen molar-refractivity contribution in [3.63, 3.8) is 0 Å². The molecule has 1 nitrogen and oxygen atoms in total. The highest BCUT2D eigenvalue weighted by atomic mass is 19.1. The van der Waals surface area contributed by atoms with E-state index in [0.717, 1.165) is 32.1 Å². The van der Waals surface area contributed by atoms with Gasteiger partial charge in [0.05, 0.1) is 0 Å². The number of nitrogens with zero attached hydrogens (tertiary/aromatic N) is 1. The molecule has 0 aromatic carbocycles. The quantitative estimate of drug-likeness (QED) is 0.540. The molecular weight excluding hydrogens is 141 g/mol. The molecule has 0 aliphatic heterocycles. The predicted molar refractivity (Wildman–Crippen MR) is 42.9 cm³/mol. The smallest absolute Gasteiger partial charge is 0.214 e. The van der Waals surface area contributed by atoms with E-state index in [9.17, 15) is 4.39 Å². The summed E-state index contributed by atoms with van der Waals surface area (Å²) in [6.07, 6.45) is 3.87. The lowest BCUT2D eigenvalue weighted by Crippen LogP contribution is -2.15. The summed E-state index contributed by atoms with van der Waals surface area (Å²) in [6, 6.07) is 0. The van der Waals surface area contributed by atoms with Crippen LogP contribution in [0.4, 0.5) is 4.39 Å². The lowest BCUT2D eigenvalue weighted by atomic mass is 9.86. The van der Waals surface area contributed by atoms with Gasteiger partial charge in [0.1, 0.15) is 6.17 Å². The first-order chi connectivity index (χ1) is 5.33. The summed E-state index contributed by atoms with van der Waals surface area (Å²) in [4.78, 5) is 3.31. The van der Waals surface area contributed by atoms with E-state index in [1.807, 2.05) is 0 Å². The second kappa shape index (κ2) is 4.33. The fourth-order valence-corrected chi connectivity index (χ4v) is 1.66. The zero-order valence-corrected chi connectivity index (χ0v) is 6.72. The third-order valence-electron chi connectivity index (χ3n) is 2.43. The third-order valence-corrected chi connectivity index (χ3v) is 2.43. The van der Waals surface area contributed by atoms with E-state index in [4.69, 9.17) is 6.57 Å². The van der Waals surface area contributed by atoms with Crippen LogP contribution in [0.15, 0.2) is 0 Å². The molecule has 0 heterocycles. The number of rotatable bonds is 2. The van der Waals surface area contributed by atoms with Gasteiger partial charge in [0.25, 0.3) is 0 Å². The van der Waals surface area contributed by atoms with Gasteiger partial charge in [0.2, 0.25) is 6.54 Å². The van der Waals surface area contributed by atoms with Crippen molar-refractivity contribution in [2.24, 2.45) is 5.92 Å². The van der Waals surface area contributed by atoms with Crippen LogP contribution < -0.4 is 0 Å². The highest BCUT2D eigenvalue weighted by Gasteiger charge is 2.20. The number of hydrogen-bond acceptors (Lipinski definition) is 0. The molecule has 0 saturated heterocycles. The molecule has 1 rings (SSSR count). The Morgan fingerprint density at radius 1 is 1.27 bits per heavy atom. The molecule has 2 heteroatoms. The average molecular weight is 155 g/mol. The number of halogens is 1. The minimum absolute atomic E-state index is 0.556. The van der Waals surface area contributed by atoms with Crippen molar-refractivity contribution in [1.82, 2.24) is 0 Å². The third kappa shape index (κ3) is 2.88. The van der Waals surface area contributed by atoms with Gasteiger partial charge in [-0.25, -0.2) is 11.0 Å². The molecule has 0 bridgehead atoms. The Balaban J connectivity index is 2.13. The summed E-state index contributed by atoms with van der Waals surface area (Å²) in [5.74, 6) is 0.635. The summed E-state index contributed by atoms with van der Waals surface area (Å²) >= 11 is 0. The molecule has 1 saturated carbocycles. The van der Waals surface area contributed by atoms with Crippen LogP contribution in [-0.2, 0) is 0 Å². The van der Waals surface area contributed by atoms with Gasteiger partial charge in [-0.3, -0.25) is 0 Å². The van der Waals surface area contributed by atoms with E-state index in [2.05, 4.69) is 4.85 Å². The van der Waals surface area contributed by atoms with E-state index < -0.39 is 6.17 Å². The van der Waals surface area contributed by atoms with Crippen LogP contribution in [0.1, 0.15) is 32.1 Å². The highest BCUT2D eigenvalue weighted by Crippen LogP contribution is 2.28. The first-order valence-corrected chi connectivity index (χ1v) is 4.30. The van der Waals surface area contributed by atoms with Crippen molar-refractivity contribution >= 4 is 0 Å². The Bertz CT molecular complexity index is 142. The number of hydrogen-bond donors (Lipinski definition) is 0. The Kier molecular flexibility index (Phi) is 3.35. The average Bonchev–Trinajstić information content (AvgIpc) is 2.04. The lowest BCUT2D eigenvalue weighted by Gasteiger charge is -2.22. The standard InChI is InChI=1S/C9H14FN/c1-11-7-6-8-2-4-9(10)5-3-8/h8-9H,2-7H2. The zero-order chi connectivity index (χ0) is 8.10. The van der Waals surface area contributed by atoms with Crippen LogP contribution >= 0.6 is 0 Å². The first-order valence-electron chi connectivity index (χ1n) is 4.30. The van der Waals surface area contributed by atoms with Crippen LogP contribution in [-0.4, -0.2) is 12.7 Å². The maximum Gasteiger partial charge on any atom is 0.214 e. The molecule has 1 aliphatic carbocycles. The zero-order valence-electron chi connectivity index (χ0n) is 6.72. The molecule has 0 amide bonds. The van der Waals surface area contributed by atoms with Gasteiger partial charge in [-0.1, -0.05) is 0 Å². The van der Waals surface area contributed by atoms with Gasteiger partial charge in [-0.2, -0.15) is 0 Å². The molecular formula is C9H14FN. The Hall–Kier alpha value is -0.580. The van der Waals surface area contributed by atoms with E-state index in [1.165, 1.54) is 0 Å². The van der Waals surface area contributed by atoms with Gasteiger partial charge in [-0.15, -0.1) is 0 Å². The predicted octanol–water partition coefficient (Wildman–Crippen LogP) is 2.82. The highest BCUT2D eigenvalue weighted by molar-refractivity contribution is 4.74. The maximum atomic E-state index is 12.6. The number of alkyl halides is 1. The maximum absolute atomic E-state index is 12.6. The lowest BCUT2D eigenvalue weighted by molar-refractivity contribution is 0.204. The summed E-state index contributed by atoms with van der Waals surface area (Å²) in [6.45, 7) is 7.24. The molecule has 0 aromatic heterocycles. The van der Waals surface area contributed by atoms with E-state index in [1.54, 1.807) is 0 Å². The molecule has 0 N–H and O–H groups in total. The summed E-state index contributed by atoms with van der Waals surface area (Å²) in [7, 11) is 0. The van der Waals surface area contributed by atoms with Crippen LogP contribution in [0.25, 0.3) is 4.85 Å². The van der Waals surface area contributed by atoms with Crippen molar-refractivity contribution in [3.05, 3.63) is 11.4 Å². The van der Waals surface area contributed by atoms with Crippen molar-refractivity contribution in [2.75, 3.05) is 6.54 Å². The Morgan fingerprint density at radius 3 is 2.45 bits per heavy atom. The van der Waals surface area contributed by atoms with Crippen molar-refractivity contribution in [2.45, 2.75) is 38.3 Å². The molecule has 1 aliphatic rings. The SMILES string of the molecule is [C-]#[N+]CCC1CCC(F)CC1. The van der Waals surface area contributed by atoms with Gasteiger partial charge in [0.15, 0.2) is 0 Å². The van der Waals surface area contributed by atoms with Crippen molar-refractivity contribution < 1.29 is 4.39 Å². The monoisotopic (exact) mass is 155 g/mol. The fourth-order valence-electron chi connectivity index (χ4n) is 1.66. The summed E-state index contributed by atoms with van der Waals surface area (Å²) in [5, 5.41) is 0. The molecule has 0 aromatic rings. The normalized spacial score (nSPS) is 31.3. The van der Waals surface area contributed by atoms with Crippen LogP contribution in [0.5, 0.6) is 0 Å². The van der Waals surface area contributed by atoms with Crippen molar-refractivity contribution in [1.29, 1.82) is 0 Å². The Morgan fingerprint density at radius 2 is 1.91 bits per heavy atom. The second-order valence-electron chi connectivity index (χ2n) is 3.29. The van der Waals surface area contributed by atoms with Crippen LogP contribution in [0.2, 0.25) is 0 Å². The van der Waals surface area contributed by atoms with Crippen LogP contribution in [0.3, 0.4) is 0 Å². The van der Waals surface area contributed by atoms with Gasteiger partial charge >= 0.3 is 0 Å². The van der Waals surface area contributed by atoms with Gasteiger partial charge in [0, 0.05) is 6.42 Å². The summed E-state index contributed by atoms with van der Waals surface area (Å²) in [5.41, 5.74) is 0. The van der Waals surface area contributed by atoms with Crippen LogP contribution in [0, 0.1) is 12.5 Å². The Labute approximate surface area is 67.4 Å². The van der Waals surface area contributed by atoms with Crippen molar-refractivity contribution in [3.8, 4) is 0 Å². The van der Waals surface area contributed by atoms with Gasteiger partial charge < -0.3 is 4.85 Å². The topological polar surface area (TPSA) is 4.36 Å². The molecule has 0 unspecified atom stereocenters. The van der Waals surface area contributed by atoms with E-state index >= 15 is 0 Å². The molecule has 0 radical (unpaired) electrons. The largest absolute Gasteiger partial charge is 0.317 e. The first kappa shape index (κ1) is 8.52. The minimum Gasteiger partial charge on any atom is -0.317 e. The molecule has 11 heavy (non-hydrogen) atoms.